The SMILES string of the molecule is CC(C)Nc1nc(Nc2ccc(N3CCOCC3)cc2)nc2[nH]ccc12. The van der Waals surface area contributed by atoms with E-state index in [0.717, 1.165) is 48.8 Å². The molecule has 0 saturated carbocycles. The van der Waals surface area contributed by atoms with Crippen LogP contribution in [0.1, 0.15) is 13.8 Å². The summed E-state index contributed by atoms with van der Waals surface area (Å²) in [5.74, 6) is 1.40. The summed E-state index contributed by atoms with van der Waals surface area (Å²) in [5.41, 5.74) is 2.99. The fraction of sp³-hybridized carbons (Fsp3) is 0.368. The zero-order valence-electron chi connectivity index (χ0n) is 15.1. The van der Waals surface area contributed by atoms with E-state index in [0.29, 0.717) is 12.0 Å². The number of aromatic nitrogens is 3. The molecule has 3 aromatic rings. The molecule has 1 fully saturated rings. The van der Waals surface area contributed by atoms with Gasteiger partial charge in [0.25, 0.3) is 0 Å². The molecule has 1 aromatic carbocycles. The van der Waals surface area contributed by atoms with Crippen LogP contribution in [0.5, 0.6) is 0 Å². The van der Waals surface area contributed by atoms with E-state index in [4.69, 9.17) is 4.74 Å². The van der Waals surface area contributed by atoms with Gasteiger partial charge in [-0.05, 0) is 44.2 Å². The van der Waals surface area contributed by atoms with Gasteiger partial charge in [-0.2, -0.15) is 9.97 Å². The first kappa shape index (κ1) is 16.7. The van der Waals surface area contributed by atoms with E-state index in [9.17, 15) is 0 Å². The van der Waals surface area contributed by atoms with Crippen molar-refractivity contribution in [2.75, 3.05) is 41.8 Å². The van der Waals surface area contributed by atoms with Crippen LogP contribution < -0.4 is 15.5 Å². The lowest BCUT2D eigenvalue weighted by molar-refractivity contribution is 0.122. The standard InChI is InChI=1S/C19H24N6O/c1-13(2)21-18-16-7-8-20-17(16)23-19(24-18)22-14-3-5-15(6-4-14)25-9-11-26-12-10-25/h3-8,13H,9-12H2,1-2H3,(H3,20,21,22,23,24). The lowest BCUT2D eigenvalue weighted by atomic mass is 10.2. The van der Waals surface area contributed by atoms with Gasteiger partial charge in [0.2, 0.25) is 5.95 Å². The Kier molecular flexibility index (Phi) is 4.62. The molecule has 26 heavy (non-hydrogen) atoms. The van der Waals surface area contributed by atoms with E-state index >= 15 is 0 Å². The van der Waals surface area contributed by atoms with Gasteiger partial charge in [0.05, 0.1) is 18.6 Å². The first-order valence-electron chi connectivity index (χ1n) is 9.00. The predicted molar refractivity (Wildman–Crippen MR) is 105 cm³/mol. The Labute approximate surface area is 152 Å². The third-order valence-electron chi connectivity index (χ3n) is 4.34. The molecule has 0 amide bonds. The smallest absolute Gasteiger partial charge is 0.231 e. The summed E-state index contributed by atoms with van der Waals surface area (Å²) in [6, 6.07) is 10.6. The minimum atomic E-state index is 0.295. The first-order valence-corrected chi connectivity index (χ1v) is 9.00. The van der Waals surface area contributed by atoms with Crippen molar-refractivity contribution < 1.29 is 4.74 Å². The lowest BCUT2D eigenvalue weighted by Crippen LogP contribution is -2.36. The van der Waals surface area contributed by atoms with Gasteiger partial charge < -0.3 is 25.3 Å². The maximum absolute atomic E-state index is 5.41. The number of nitrogens with one attached hydrogen (secondary N) is 3. The molecular weight excluding hydrogens is 328 g/mol. The number of ether oxygens (including phenoxy) is 1. The Morgan fingerprint density at radius 1 is 1.08 bits per heavy atom. The summed E-state index contributed by atoms with van der Waals surface area (Å²) in [5, 5.41) is 7.68. The fourth-order valence-electron chi connectivity index (χ4n) is 3.09. The van der Waals surface area contributed by atoms with Crippen LogP contribution in [0.3, 0.4) is 0 Å². The number of aromatic amines is 1. The molecular formula is C19H24N6O. The van der Waals surface area contributed by atoms with Crippen LogP contribution >= 0.6 is 0 Å². The van der Waals surface area contributed by atoms with Crippen LogP contribution in [-0.4, -0.2) is 47.3 Å². The van der Waals surface area contributed by atoms with Gasteiger partial charge in [-0.15, -0.1) is 0 Å². The van der Waals surface area contributed by atoms with Crippen LogP contribution in [0.4, 0.5) is 23.1 Å². The normalized spacial score (nSPS) is 14.8. The van der Waals surface area contributed by atoms with Crippen LogP contribution in [0, 0.1) is 0 Å². The molecule has 7 nitrogen and oxygen atoms in total. The summed E-state index contributed by atoms with van der Waals surface area (Å²) in [4.78, 5) is 14.7. The van der Waals surface area contributed by atoms with Crippen molar-refractivity contribution in [1.29, 1.82) is 0 Å². The van der Waals surface area contributed by atoms with Gasteiger partial charge >= 0.3 is 0 Å². The average Bonchev–Trinajstić information content (AvgIpc) is 3.11. The fourth-order valence-corrected chi connectivity index (χ4v) is 3.09. The quantitative estimate of drug-likeness (QED) is 0.653. The topological polar surface area (TPSA) is 78.1 Å². The molecule has 2 aromatic heterocycles. The highest BCUT2D eigenvalue weighted by atomic mass is 16.5. The molecule has 136 valence electrons. The Morgan fingerprint density at radius 2 is 1.85 bits per heavy atom. The number of H-pyrrole nitrogens is 1. The largest absolute Gasteiger partial charge is 0.378 e. The van der Waals surface area contributed by atoms with E-state index < -0.39 is 0 Å². The van der Waals surface area contributed by atoms with Gasteiger partial charge in [-0.3, -0.25) is 0 Å². The van der Waals surface area contributed by atoms with Crippen molar-refractivity contribution in [3.05, 3.63) is 36.5 Å². The number of hydrogen-bond donors (Lipinski definition) is 3. The molecule has 1 aliphatic rings. The number of morpholine rings is 1. The summed E-state index contributed by atoms with van der Waals surface area (Å²) < 4.78 is 5.41. The Bertz CT molecular complexity index is 867. The van der Waals surface area contributed by atoms with Gasteiger partial charge in [-0.1, -0.05) is 0 Å². The van der Waals surface area contributed by atoms with Crippen molar-refractivity contribution in [3.8, 4) is 0 Å². The summed E-state index contributed by atoms with van der Waals surface area (Å²) in [6.45, 7) is 7.63. The van der Waals surface area contributed by atoms with Crippen LogP contribution in [0.25, 0.3) is 11.0 Å². The maximum Gasteiger partial charge on any atom is 0.231 e. The Balaban J connectivity index is 1.54. The molecule has 0 radical (unpaired) electrons. The van der Waals surface area contributed by atoms with Crippen molar-refractivity contribution in [3.63, 3.8) is 0 Å². The molecule has 0 atom stereocenters. The molecule has 3 N–H and O–H groups in total. The minimum Gasteiger partial charge on any atom is -0.378 e. The zero-order valence-corrected chi connectivity index (χ0v) is 15.1. The van der Waals surface area contributed by atoms with Crippen molar-refractivity contribution in [2.24, 2.45) is 0 Å². The number of benzene rings is 1. The number of rotatable bonds is 5. The molecule has 0 unspecified atom stereocenters. The molecule has 1 saturated heterocycles. The number of fused-ring (bicyclic) bond motifs is 1. The van der Waals surface area contributed by atoms with Crippen LogP contribution in [-0.2, 0) is 4.74 Å². The first-order chi connectivity index (χ1) is 12.7. The minimum absolute atomic E-state index is 0.295. The Hall–Kier alpha value is -2.80. The van der Waals surface area contributed by atoms with Gasteiger partial charge in [-0.25, -0.2) is 0 Å². The lowest BCUT2D eigenvalue weighted by Gasteiger charge is -2.28. The van der Waals surface area contributed by atoms with Crippen molar-refractivity contribution in [2.45, 2.75) is 19.9 Å². The number of anilines is 4. The zero-order chi connectivity index (χ0) is 17.9. The molecule has 0 spiro atoms. The van der Waals surface area contributed by atoms with E-state index in [1.165, 1.54) is 5.69 Å². The third-order valence-corrected chi connectivity index (χ3v) is 4.34. The second-order valence-corrected chi connectivity index (χ2v) is 6.71. The molecule has 0 aliphatic carbocycles. The predicted octanol–water partition coefficient (Wildman–Crippen LogP) is 3.36. The third kappa shape index (κ3) is 3.57. The molecule has 1 aliphatic heterocycles. The number of hydrogen-bond acceptors (Lipinski definition) is 6. The highest BCUT2D eigenvalue weighted by Crippen LogP contribution is 2.25. The van der Waals surface area contributed by atoms with Crippen molar-refractivity contribution in [1.82, 2.24) is 15.0 Å². The second kappa shape index (κ2) is 7.21. The highest BCUT2D eigenvalue weighted by Gasteiger charge is 2.12. The Morgan fingerprint density at radius 3 is 2.58 bits per heavy atom. The molecule has 3 heterocycles. The van der Waals surface area contributed by atoms with Crippen molar-refractivity contribution >= 4 is 34.2 Å². The van der Waals surface area contributed by atoms with E-state index in [-0.39, 0.29) is 0 Å². The monoisotopic (exact) mass is 352 g/mol. The molecule has 4 rings (SSSR count). The van der Waals surface area contributed by atoms with Crippen LogP contribution in [0.15, 0.2) is 36.5 Å². The van der Waals surface area contributed by atoms with E-state index in [1.807, 2.05) is 12.3 Å². The van der Waals surface area contributed by atoms with E-state index in [1.54, 1.807) is 0 Å². The van der Waals surface area contributed by atoms with E-state index in [2.05, 4.69) is 68.6 Å². The van der Waals surface area contributed by atoms with Gasteiger partial charge in [0.1, 0.15) is 11.5 Å². The molecule has 7 heteroatoms. The summed E-state index contributed by atoms with van der Waals surface area (Å²) in [6.07, 6.45) is 1.88. The molecule has 0 bridgehead atoms. The maximum atomic E-state index is 5.41. The van der Waals surface area contributed by atoms with Gasteiger partial charge in [0.15, 0.2) is 0 Å². The summed E-state index contributed by atoms with van der Waals surface area (Å²) in [7, 11) is 0. The summed E-state index contributed by atoms with van der Waals surface area (Å²) >= 11 is 0. The van der Waals surface area contributed by atoms with Gasteiger partial charge in [0, 0.05) is 36.7 Å². The second-order valence-electron chi connectivity index (χ2n) is 6.71. The highest BCUT2D eigenvalue weighted by molar-refractivity contribution is 5.88. The average molecular weight is 352 g/mol. The van der Waals surface area contributed by atoms with Crippen LogP contribution in [0.2, 0.25) is 0 Å². The number of nitrogens with zero attached hydrogens (tertiary/aromatic N) is 3.